The molecule has 16 heavy (non-hydrogen) atoms. The summed E-state index contributed by atoms with van der Waals surface area (Å²) in [5.74, 6) is 1.46. The Bertz CT molecular complexity index is 477. The Labute approximate surface area is 97.7 Å². The summed E-state index contributed by atoms with van der Waals surface area (Å²) >= 11 is 1.56. The van der Waals surface area contributed by atoms with E-state index in [0.29, 0.717) is 11.3 Å². The zero-order valence-corrected chi connectivity index (χ0v) is 9.62. The van der Waals surface area contributed by atoms with Crippen LogP contribution < -0.4 is 0 Å². The van der Waals surface area contributed by atoms with Gasteiger partial charge in [-0.25, -0.2) is 0 Å². The van der Waals surface area contributed by atoms with Gasteiger partial charge in [0.15, 0.2) is 11.5 Å². The SMILES string of the molecule is Cc1c(SCc2ccco2)ccc(O)c1O. The second-order valence-electron chi connectivity index (χ2n) is 3.42. The summed E-state index contributed by atoms with van der Waals surface area (Å²) in [7, 11) is 0. The smallest absolute Gasteiger partial charge is 0.161 e. The van der Waals surface area contributed by atoms with Gasteiger partial charge in [0, 0.05) is 10.5 Å². The van der Waals surface area contributed by atoms with Crippen molar-refractivity contribution in [3.05, 3.63) is 41.9 Å². The van der Waals surface area contributed by atoms with Gasteiger partial charge in [0.2, 0.25) is 0 Å². The van der Waals surface area contributed by atoms with E-state index in [1.807, 2.05) is 12.1 Å². The van der Waals surface area contributed by atoms with Crippen LogP contribution in [0.15, 0.2) is 39.8 Å². The lowest BCUT2D eigenvalue weighted by molar-refractivity contribution is 0.399. The van der Waals surface area contributed by atoms with Gasteiger partial charge in [0.1, 0.15) is 5.76 Å². The van der Waals surface area contributed by atoms with Crippen molar-refractivity contribution in [2.75, 3.05) is 0 Å². The fraction of sp³-hybridized carbons (Fsp3) is 0.167. The van der Waals surface area contributed by atoms with Crippen LogP contribution in [0.1, 0.15) is 11.3 Å². The Morgan fingerprint density at radius 3 is 2.75 bits per heavy atom. The molecule has 84 valence electrons. The molecular weight excluding hydrogens is 224 g/mol. The number of hydrogen-bond acceptors (Lipinski definition) is 4. The first kappa shape index (κ1) is 11.0. The maximum atomic E-state index is 9.56. The summed E-state index contributed by atoms with van der Waals surface area (Å²) in [6, 6.07) is 7.03. The van der Waals surface area contributed by atoms with Crippen LogP contribution in [0.3, 0.4) is 0 Å². The molecule has 0 fully saturated rings. The molecule has 2 N–H and O–H groups in total. The maximum Gasteiger partial charge on any atom is 0.161 e. The molecule has 0 spiro atoms. The number of thioether (sulfide) groups is 1. The quantitative estimate of drug-likeness (QED) is 0.634. The van der Waals surface area contributed by atoms with Crippen molar-refractivity contribution < 1.29 is 14.6 Å². The fourth-order valence-electron chi connectivity index (χ4n) is 1.37. The Hall–Kier alpha value is -1.55. The van der Waals surface area contributed by atoms with E-state index in [-0.39, 0.29) is 11.5 Å². The second-order valence-corrected chi connectivity index (χ2v) is 4.44. The van der Waals surface area contributed by atoms with Crippen molar-refractivity contribution in [2.45, 2.75) is 17.6 Å². The highest BCUT2D eigenvalue weighted by Crippen LogP contribution is 2.36. The lowest BCUT2D eigenvalue weighted by Crippen LogP contribution is -1.83. The molecule has 2 rings (SSSR count). The van der Waals surface area contributed by atoms with E-state index in [9.17, 15) is 10.2 Å². The van der Waals surface area contributed by atoms with Crippen LogP contribution in [0, 0.1) is 6.92 Å². The molecule has 3 nitrogen and oxygen atoms in total. The van der Waals surface area contributed by atoms with Gasteiger partial charge < -0.3 is 14.6 Å². The Kier molecular flexibility index (Phi) is 3.10. The van der Waals surface area contributed by atoms with Crippen LogP contribution in [0.5, 0.6) is 11.5 Å². The number of phenols is 2. The lowest BCUT2D eigenvalue weighted by atomic mass is 10.2. The first-order valence-corrected chi connectivity index (χ1v) is 5.84. The fourth-order valence-corrected chi connectivity index (χ4v) is 2.31. The molecule has 0 saturated carbocycles. The van der Waals surface area contributed by atoms with E-state index in [2.05, 4.69) is 0 Å². The Morgan fingerprint density at radius 1 is 1.25 bits per heavy atom. The number of aromatic hydroxyl groups is 2. The molecule has 0 radical (unpaired) electrons. The molecule has 1 heterocycles. The number of rotatable bonds is 3. The van der Waals surface area contributed by atoms with Crippen LogP contribution >= 0.6 is 11.8 Å². The summed E-state index contributed by atoms with van der Waals surface area (Å²) in [4.78, 5) is 0.937. The lowest BCUT2D eigenvalue weighted by Gasteiger charge is -2.07. The topological polar surface area (TPSA) is 53.6 Å². The molecule has 0 saturated heterocycles. The highest BCUT2D eigenvalue weighted by molar-refractivity contribution is 7.98. The summed E-state index contributed by atoms with van der Waals surface area (Å²) < 4.78 is 5.22. The molecule has 4 heteroatoms. The van der Waals surface area contributed by atoms with Gasteiger partial charge in [-0.15, -0.1) is 11.8 Å². The summed E-state index contributed by atoms with van der Waals surface area (Å²) in [5, 5.41) is 18.9. The first-order chi connectivity index (χ1) is 7.68. The number of hydrogen-bond donors (Lipinski definition) is 2. The van der Waals surface area contributed by atoms with Gasteiger partial charge in [0.05, 0.1) is 12.0 Å². The zero-order valence-electron chi connectivity index (χ0n) is 8.80. The first-order valence-electron chi connectivity index (χ1n) is 4.85. The van der Waals surface area contributed by atoms with Crippen molar-refractivity contribution in [3.63, 3.8) is 0 Å². The molecule has 1 aromatic carbocycles. The zero-order chi connectivity index (χ0) is 11.5. The highest BCUT2D eigenvalue weighted by Gasteiger charge is 2.08. The number of benzene rings is 1. The van der Waals surface area contributed by atoms with Gasteiger partial charge >= 0.3 is 0 Å². The van der Waals surface area contributed by atoms with Crippen LogP contribution in [-0.4, -0.2) is 10.2 Å². The van der Waals surface area contributed by atoms with Crippen molar-refractivity contribution >= 4 is 11.8 Å². The Morgan fingerprint density at radius 2 is 2.06 bits per heavy atom. The molecular formula is C12H12O3S. The van der Waals surface area contributed by atoms with Gasteiger partial charge in [-0.05, 0) is 31.2 Å². The van der Waals surface area contributed by atoms with Crippen LogP contribution in [-0.2, 0) is 5.75 Å². The van der Waals surface area contributed by atoms with Crippen molar-refractivity contribution in [1.29, 1.82) is 0 Å². The molecule has 0 unspecified atom stereocenters. The monoisotopic (exact) mass is 236 g/mol. The molecule has 0 atom stereocenters. The van der Waals surface area contributed by atoms with Gasteiger partial charge in [-0.2, -0.15) is 0 Å². The van der Waals surface area contributed by atoms with E-state index >= 15 is 0 Å². The van der Waals surface area contributed by atoms with Crippen LogP contribution in [0.2, 0.25) is 0 Å². The van der Waals surface area contributed by atoms with Crippen molar-refractivity contribution in [3.8, 4) is 11.5 Å². The van der Waals surface area contributed by atoms with E-state index < -0.39 is 0 Å². The van der Waals surface area contributed by atoms with E-state index in [0.717, 1.165) is 10.7 Å². The van der Waals surface area contributed by atoms with E-state index in [4.69, 9.17) is 4.42 Å². The summed E-state index contributed by atoms with van der Waals surface area (Å²) in [5.41, 5.74) is 0.691. The minimum Gasteiger partial charge on any atom is -0.504 e. The number of phenolic OH excluding ortho intramolecular Hbond substituents is 2. The van der Waals surface area contributed by atoms with Gasteiger partial charge in [0.25, 0.3) is 0 Å². The van der Waals surface area contributed by atoms with E-state index in [1.165, 1.54) is 6.07 Å². The van der Waals surface area contributed by atoms with E-state index in [1.54, 1.807) is 31.0 Å². The molecule has 2 aromatic rings. The van der Waals surface area contributed by atoms with Gasteiger partial charge in [-0.1, -0.05) is 0 Å². The largest absolute Gasteiger partial charge is 0.504 e. The van der Waals surface area contributed by atoms with Gasteiger partial charge in [-0.3, -0.25) is 0 Å². The number of furan rings is 1. The minimum atomic E-state index is -0.0835. The summed E-state index contributed by atoms with van der Waals surface area (Å²) in [6.45, 7) is 1.78. The average molecular weight is 236 g/mol. The Balaban J connectivity index is 2.13. The normalized spacial score (nSPS) is 10.6. The third-order valence-corrected chi connectivity index (χ3v) is 3.49. The highest BCUT2D eigenvalue weighted by atomic mass is 32.2. The predicted molar refractivity (Wildman–Crippen MR) is 62.8 cm³/mol. The minimum absolute atomic E-state index is 0.0514. The molecule has 0 amide bonds. The standard InChI is InChI=1S/C12H12O3S/c1-8-11(5-4-10(13)12(8)14)16-7-9-3-2-6-15-9/h2-6,13-14H,7H2,1H3. The maximum absolute atomic E-state index is 9.56. The molecule has 0 aliphatic carbocycles. The molecule has 1 aromatic heterocycles. The third kappa shape index (κ3) is 2.17. The molecule has 0 aliphatic heterocycles. The third-order valence-electron chi connectivity index (χ3n) is 2.31. The molecule has 0 aliphatic rings. The van der Waals surface area contributed by atoms with Crippen LogP contribution in [0.4, 0.5) is 0 Å². The summed E-state index contributed by atoms with van der Waals surface area (Å²) in [6.07, 6.45) is 1.64. The predicted octanol–water partition coefficient (Wildman–Crippen LogP) is 3.29. The second kappa shape index (κ2) is 4.53. The van der Waals surface area contributed by atoms with Crippen LogP contribution in [0.25, 0.3) is 0 Å². The van der Waals surface area contributed by atoms with Crippen molar-refractivity contribution in [2.24, 2.45) is 0 Å². The molecule has 0 bridgehead atoms. The van der Waals surface area contributed by atoms with Crippen molar-refractivity contribution in [1.82, 2.24) is 0 Å². The average Bonchev–Trinajstić information content (AvgIpc) is 2.78.